The highest BCUT2D eigenvalue weighted by atomic mass is 32.1. The number of halogens is 1. The van der Waals surface area contributed by atoms with E-state index in [2.05, 4.69) is 9.97 Å². The van der Waals surface area contributed by atoms with Gasteiger partial charge in [0, 0.05) is 0 Å². The van der Waals surface area contributed by atoms with E-state index in [9.17, 15) is 14.4 Å². The van der Waals surface area contributed by atoms with Gasteiger partial charge in [-0.3, -0.25) is 9.78 Å². The molecule has 0 saturated carbocycles. The monoisotopic (exact) mass is 316 g/mol. The van der Waals surface area contributed by atoms with Gasteiger partial charge < -0.3 is 15.5 Å². The SMILES string of the molecule is N#CC1=C(N)Oc2[nH]c(=S)[nH]c(=O)c2C1c1ccc(F)cc1. The second-order valence-corrected chi connectivity index (χ2v) is 5.04. The molecule has 1 aliphatic heterocycles. The van der Waals surface area contributed by atoms with Crippen LogP contribution in [-0.2, 0) is 0 Å². The molecule has 0 amide bonds. The van der Waals surface area contributed by atoms with Gasteiger partial charge in [0.1, 0.15) is 17.5 Å². The van der Waals surface area contributed by atoms with Crippen LogP contribution in [0.5, 0.6) is 5.88 Å². The molecule has 2 aromatic rings. The third-order valence-corrected chi connectivity index (χ3v) is 3.53. The van der Waals surface area contributed by atoms with Gasteiger partial charge in [-0.05, 0) is 29.9 Å². The average molecular weight is 316 g/mol. The summed E-state index contributed by atoms with van der Waals surface area (Å²) in [4.78, 5) is 17.4. The van der Waals surface area contributed by atoms with Crippen molar-refractivity contribution in [3.8, 4) is 11.9 Å². The van der Waals surface area contributed by atoms with E-state index in [0.29, 0.717) is 5.56 Å². The first-order valence-electron chi connectivity index (χ1n) is 6.21. The number of nitrogens with one attached hydrogen (secondary N) is 2. The van der Waals surface area contributed by atoms with Gasteiger partial charge in [0.2, 0.25) is 11.8 Å². The van der Waals surface area contributed by atoms with Gasteiger partial charge in [0.15, 0.2) is 4.77 Å². The van der Waals surface area contributed by atoms with E-state index in [1.165, 1.54) is 24.3 Å². The number of ether oxygens (including phenoxy) is 1. The number of nitrogens with two attached hydrogens (primary N) is 1. The highest BCUT2D eigenvalue weighted by Gasteiger charge is 2.33. The maximum absolute atomic E-state index is 13.1. The summed E-state index contributed by atoms with van der Waals surface area (Å²) in [5.41, 5.74) is 6.06. The minimum Gasteiger partial charge on any atom is -0.424 e. The van der Waals surface area contributed by atoms with Crippen molar-refractivity contribution in [2.75, 3.05) is 0 Å². The number of allylic oxidation sites excluding steroid dienone is 1. The molecule has 22 heavy (non-hydrogen) atoms. The van der Waals surface area contributed by atoms with Crippen LogP contribution >= 0.6 is 12.2 Å². The molecule has 1 unspecified atom stereocenters. The molecule has 1 aliphatic rings. The fourth-order valence-electron chi connectivity index (χ4n) is 2.38. The van der Waals surface area contributed by atoms with Crippen molar-refractivity contribution in [2.24, 2.45) is 5.73 Å². The predicted octanol–water partition coefficient (Wildman–Crippen LogP) is 1.79. The van der Waals surface area contributed by atoms with Gasteiger partial charge in [0.25, 0.3) is 5.56 Å². The number of aromatic amines is 2. The van der Waals surface area contributed by atoms with E-state index >= 15 is 0 Å². The van der Waals surface area contributed by atoms with Crippen molar-refractivity contribution in [2.45, 2.75) is 5.92 Å². The summed E-state index contributed by atoms with van der Waals surface area (Å²) in [5, 5.41) is 9.33. The van der Waals surface area contributed by atoms with E-state index in [4.69, 9.17) is 22.7 Å². The minimum atomic E-state index is -0.759. The molecule has 0 saturated heterocycles. The van der Waals surface area contributed by atoms with Gasteiger partial charge in [-0.15, -0.1) is 0 Å². The molecule has 0 spiro atoms. The number of rotatable bonds is 1. The minimum absolute atomic E-state index is 0.0785. The van der Waals surface area contributed by atoms with Crippen molar-refractivity contribution in [3.63, 3.8) is 0 Å². The Hall–Kier alpha value is -2.92. The normalized spacial score (nSPS) is 16.6. The molecule has 110 valence electrons. The van der Waals surface area contributed by atoms with E-state index in [0.717, 1.165) is 0 Å². The first-order valence-corrected chi connectivity index (χ1v) is 6.61. The van der Waals surface area contributed by atoms with Crippen molar-refractivity contribution in [1.82, 2.24) is 9.97 Å². The maximum Gasteiger partial charge on any atom is 0.259 e. The third-order valence-electron chi connectivity index (χ3n) is 3.32. The Balaban J connectivity index is 2.32. The summed E-state index contributed by atoms with van der Waals surface area (Å²) in [6.07, 6.45) is 0. The second kappa shape index (κ2) is 5.13. The van der Waals surface area contributed by atoms with Gasteiger partial charge in [0.05, 0.1) is 11.5 Å². The fourth-order valence-corrected chi connectivity index (χ4v) is 2.56. The topological polar surface area (TPSA) is 108 Å². The Kier molecular flexibility index (Phi) is 3.27. The molecule has 1 aromatic carbocycles. The summed E-state index contributed by atoms with van der Waals surface area (Å²) >= 11 is 4.89. The molecule has 0 fully saturated rings. The van der Waals surface area contributed by atoms with Crippen LogP contribution in [0, 0.1) is 21.9 Å². The average Bonchev–Trinajstić information content (AvgIpc) is 2.46. The smallest absolute Gasteiger partial charge is 0.259 e. The number of nitriles is 1. The standard InChI is InChI=1S/C14H9FN4O2S/c15-7-3-1-6(2-4-7)9-8(5-16)11(17)21-13-10(9)12(20)18-14(22)19-13/h1-4,9H,17H2,(H2,18,19,20,22). The highest BCUT2D eigenvalue weighted by molar-refractivity contribution is 7.71. The van der Waals surface area contributed by atoms with Gasteiger partial charge in [-0.25, -0.2) is 4.39 Å². The molecule has 1 atom stereocenters. The molecule has 0 aliphatic carbocycles. The Morgan fingerprint density at radius 3 is 2.64 bits per heavy atom. The zero-order chi connectivity index (χ0) is 15.9. The van der Waals surface area contributed by atoms with E-state index < -0.39 is 17.3 Å². The molecule has 0 radical (unpaired) electrons. The Bertz CT molecular complexity index is 937. The lowest BCUT2D eigenvalue weighted by molar-refractivity contribution is 0.374. The Morgan fingerprint density at radius 1 is 1.32 bits per heavy atom. The summed E-state index contributed by atoms with van der Waals surface area (Å²) in [6.45, 7) is 0. The van der Waals surface area contributed by atoms with Crippen LogP contribution in [-0.4, -0.2) is 9.97 Å². The van der Waals surface area contributed by atoms with Gasteiger partial charge in [-0.1, -0.05) is 12.1 Å². The van der Waals surface area contributed by atoms with Gasteiger partial charge in [-0.2, -0.15) is 5.26 Å². The van der Waals surface area contributed by atoms with Gasteiger partial charge >= 0.3 is 0 Å². The number of benzene rings is 1. The first kappa shape index (κ1) is 14.0. The van der Waals surface area contributed by atoms with Crippen molar-refractivity contribution in [3.05, 3.63) is 67.8 Å². The Labute approximate surface area is 128 Å². The molecular weight excluding hydrogens is 307 g/mol. The zero-order valence-corrected chi connectivity index (χ0v) is 11.8. The fraction of sp³-hybridized carbons (Fsp3) is 0.0714. The number of H-pyrrole nitrogens is 2. The molecule has 3 rings (SSSR count). The van der Waals surface area contributed by atoms with Crippen LogP contribution in [0.15, 0.2) is 40.5 Å². The molecule has 4 N–H and O–H groups in total. The maximum atomic E-state index is 13.1. The number of hydrogen-bond donors (Lipinski definition) is 3. The molecule has 6 nitrogen and oxygen atoms in total. The largest absolute Gasteiger partial charge is 0.424 e. The van der Waals surface area contributed by atoms with Crippen LogP contribution in [0.25, 0.3) is 0 Å². The Morgan fingerprint density at radius 2 is 2.00 bits per heavy atom. The van der Waals surface area contributed by atoms with Crippen LogP contribution in [0.4, 0.5) is 4.39 Å². The number of nitrogens with zero attached hydrogens (tertiary/aromatic N) is 1. The zero-order valence-electron chi connectivity index (χ0n) is 11.0. The van der Waals surface area contributed by atoms with Crippen LogP contribution < -0.4 is 16.0 Å². The molecule has 2 heterocycles. The van der Waals surface area contributed by atoms with Crippen molar-refractivity contribution >= 4 is 12.2 Å². The third kappa shape index (κ3) is 2.17. The first-order chi connectivity index (χ1) is 10.5. The summed E-state index contributed by atoms with van der Waals surface area (Å²) in [6, 6.07) is 7.41. The molecular formula is C14H9FN4O2S. The lowest BCUT2D eigenvalue weighted by atomic mass is 9.85. The predicted molar refractivity (Wildman–Crippen MR) is 77.9 cm³/mol. The number of fused-ring (bicyclic) bond motifs is 1. The van der Waals surface area contributed by atoms with Crippen molar-refractivity contribution in [1.29, 1.82) is 5.26 Å². The lowest BCUT2D eigenvalue weighted by Crippen LogP contribution is -2.28. The summed E-state index contributed by atoms with van der Waals surface area (Å²) in [5.74, 6) is -1.22. The number of hydrogen-bond acceptors (Lipinski definition) is 5. The van der Waals surface area contributed by atoms with E-state index in [1.54, 1.807) is 0 Å². The van der Waals surface area contributed by atoms with Crippen molar-refractivity contribution < 1.29 is 9.13 Å². The quantitative estimate of drug-likeness (QED) is 0.695. The molecule has 8 heteroatoms. The summed E-state index contributed by atoms with van der Waals surface area (Å²) in [7, 11) is 0. The lowest BCUT2D eigenvalue weighted by Gasteiger charge is -2.24. The van der Waals surface area contributed by atoms with E-state index in [-0.39, 0.29) is 27.7 Å². The molecule has 0 bridgehead atoms. The van der Waals surface area contributed by atoms with Crippen LogP contribution in [0.2, 0.25) is 0 Å². The highest BCUT2D eigenvalue weighted by Crippen LogP contribution is 2.38. The number of aromatic nitrogens is 2. The summed E-state index contributed by atoms with van der Waals surface area (Å²) < 4.78 is 18.5. The van der Waals surface area contributed by atoms with E-state index in [1.807, 2.05) is 6.07 Å². The second-order valence-electron chi connectivity index (χ2n) is 4.63. The molecule has 1 aromatic heterocycles. The van der Waals surface area contributed by atoms with Crippen LogP contribution in [0.1, 0.15) is 17.0 Å². The van der Waals surface area contributed by atoms with Crippen LogP contribution in [0.3, 0.4) is 0 Å².